The van der Waals surface area contributed by atoms with Crippen LogP contribution in [0.4, 0.5) is 0 Å². The summed E-state index contributed by atoms with van der Waals surface area (Å²) in [6, 6.07) is 10.3. The van der Waals surface area contributed by atoms with E-state index in [-0.39, 0.29) is 0 Å². The average molecular weight is 468 g/mol. The van der Waals surface area contributed by atoms with E-state index < -0.39 is 0 Å². The number of aromatic nitrogens is 2. The molecular weight excluding hydrogens is 430 g/mol. The van der Waals surface area contributed by atoms with Crippen molar-refractivity contribution in [1.29, 1.82) is 5.41 Å². The first-order valence-electron chi connectivity index (χ1n) is 11.9. The molecule has 1 heterocycles. The number of hydrogen-bond acceptors (Lipinski definition) is 5. The van der Waals surface area contributed by atoms with Crippen LogP contribution in [0.1, 0.15) is 62.1 Å². The topological polar surface area (TPSA) is 60.1 Å². The van der Waals surface area contributed by atoms with Gasteiger partial charge in [-0.3, -0.25) is 5.41 Å². The van der Waals surface area contributed by atoms with E-state index in [0.29, 0.717) is 17.0 Å². The Hall–Kier alpha value is -2.47. The third kappa shape index (κ3) is 6.32. The fraction of sp³-hybridized carbons (Fsp3) is 0.481. The number of fused-ring (bicyclic) bond motifs is 1. The lowest BCUT2D eigenvalue weighted by molar-refractivity contribution is 0.355. The maximum atomic E-state index is 9.00. The van der Waals surface area contributed by atoms with E-state index in [9.17, 15) is 0 Å². The fourth-order valence-corrected chi connectivity index (χ4v) is 5.12. The molecule has 33 heavy (non-hydrogen) atoms. The van der Waals surface area contributed by atoms with Gasteiger partial charge in [0.1, 0.15) is 5.49 Å². The minimum absolute atomic E-state index is 0.484. The molecule has 0 atom stereocenters. The number of nitrogens with zero attached hydrogens (tertiary/aromatic N) is 2. The molecule has 0 aliphatic rings. The van der Waals surface area contributed by atoms with E-state index in [1.165, 1.54) is 48.8 Å². The molecule has 2 aromatic carbocycles. The standard InChI is InChI=1S/C27H37N3O2S/c1-6-7-8-9-10-11-14-30-26(28)22-16-24(31-4)25(32-5)17-23(22)29-27(30)33-18-21-15-19(2)12-13-20(21)3/h12-13,15-17,28H,6-11,14,18H2,1-5H3. The molecule has 0 fully saturated rings. The summed E-state index contributed by atoms with van der Waals surface area (Å²) in [4.78, 5) is 4.99. The molecule has 0 saturated heterocycles. The number of nitrogens with one attached hydrogen (secondary N) is 1. The highest BCUT2D eigenvalue weighted by Gasteiger charge is 2.14. The average Bonchev–Trinajstić information content (AvgIpc) is 2.82. The summed E-state index contributed by atoms with van der Waals surface area (Å²) in [6.45, 7) is 7.33. The quantitative estimate of drug-likeness (QED) is 0.181. The summed E-state index contributed by atoms with van der Waals surface area (Å²) in [5.74, 6) is 2.09. The summed E-state index contributed by atoms with van der Waals surface area (Å²) in [7, 11) is 3.25. The van der Waals surface area contributed by atoms with Crippen LogP contribution in [0.5, 0.6) is 11.5 Å². The molecule has 1 N–H and O–H groups in total. The Morgan fingerprint density at radius 2 is 1.64 bits per heavy atom. The number of hydrogen-bond donors (Lipinski definition) is 1. The molecule has 0 bridgehead atoms. The molecular formula is C27H37N3O2S. The monoisotopic (exact) mass is 467 g/mol. The van der Waals surface area contributed by atoms with E-state index >= 15 is 0 Å². The number of benzene rings is 2. The van der Waals surface area contributed by atoms with Crippen LogP contribution < -0.4 is 15.0 Å². The number of aryl methyl sites for hydroxylation is 2. The Morgan fingerprint density at radius 3 is 2.36 bits per heavy atom. The molecule has 0 amide bonds. The van der Waals surface area contributed by atoms with Gasteiger partial charge in [0.05, 0.1) is 19.7 Å². The molecule has 0 saturated carbocycles. The smallest absolute Gasteiger partial charge is 0.170 e. The number of methoxy groups -OCH3 is 2. The number of ether oxygens (including phenoxy) is 2. The summed E-state index contributed by atoms with van der Waals surface area (Å²) in [5.41, 5.74) is 5.11. The normalized spacial score (nSPS) is 11.2. The first kappa shape index (κ1) is 25.2. The van der Waals surface area contributed by atoms with Gasteiger partial charge in [0, 0.05) is 23.8 Å². The van der Waals surface area contributed by atoms with Crippen LogP contribution in [0.3, 0.4) is 0 Å². The van der Waals surface area contributed by atoms with Crippen molar-refractivity contribution in [2.24, 2.45) is 0 Å². The fourth-order valence-electron chi connectivity index (χ4n) is 4.02. The molecule has 178 valence electrons. The van der Waals surface area contributed by atoms with Crippen molar-refractivity contribution in [3.05, 3.63) is 52.5 Å². The second-order valence-corrected chi connectivity index (χ2v) is 9.55. The summed E-state index contributed by atoms with van der Waals surface area (Å²) < 4.78 is 13.0. The molecule has 0 aliphatic heterocycles. The highest BCUT2D eigenvalue weighted by atomic mass is 32.2. The van der Waals surface area contributed by atoms with Crippen LogP contribution in [0.15, 0.2) is 35.5 Å². The van der Waals surface area contributed by atoms with Crippen molar-refractivity contribution < 1.29 is 9.47 Å². The van der Waals surface area contributed by atoms with Crippen molar-refractivity contribution in [3.63, 3.8) is 0 Å². The lowest BCUT2D eigenvalue weighted by Crippen LogP contribution is -2.24. The zero-order valence-electron chi connectivity index (χ0n) is 20.7. The van der Waals surface area contributed by atoms with Crippen molar-refractivity contribution in [3.8, 4) is 11.5 Å². The van der Waals surface area contributed by atoms with Gasteiger partial charge in [0.2, 0.25) is 0 Å². The molecule has 6 heteroatoms. The van der Waals surface area contributed by atoms with Crippen LogP contribution in [0.25, 0.3) is 10.9 Å². The molecule has 1 aromatic heterocycles. The van der Waals surface area contributed by atoms with E-state index in [4.69, 9.17) is 19.9 Å². The predicted molar refractivity (Wildman–Crippen MR) is 138 cm³/mol. The summed E-state index contributed by atoms with van der Waals surface area (Å²) >= 11 is 1.71. The third-order valence-corrected chi connectivity index (χ3v) is 7.10. The largest absolute Gasteiger partial charge is 0.493 e. The van der Waals surface area contributed by atoms with Crippen molar-refractivity contribution in [1.82, 2.24) is 9.55 Å². The molecule has 0 aliphatic carbocycles. The minimum atomic E-state index is 0.484. The highest BCUT2D eigenvalue weighted by Crippen LogP contribution is 2.32. The first-order chi connectivity index (χ1) is 16.0. The second kappa shape index (κ2) is 12.1. The molecule has 0 spiro atoms. The van der Waals surface area contributed by atoms with Gasteiger partial charge < -0.3 is 14.0 Å². The first-order valence-corrected chi connectivity index (χ1v) is 12.9. The summed E-state index contributed by atoms with van der Waals surface area (Å²) in [6.07, 6.45) is 7.32. The molecule has 0 radical (unpaired) electrons. The Bertz CT molecular complexity index is 1140. The maximum absolute atomic E-state index is 9.00. The molecule has 0 unspecified atom stereocenters. The maximum Gasteiger partial charge on any atom is 0.170 e. The van der Waals surface area contributed by atoms with Crippen molar-refractivity contribution in [2.75, 3.05) is 14.2 Å². The predicted octanol–water partition coefficient (Wildman–Crippen LogP) is 6.80. The van der Waals surface area contributed by atoms with Crippen LogP contribution in [0, 0.1) is 19.3 Å². The zero-order chi connectivity index (χ0) is 23.8. The van der Waals surface area contributed by atoms with E-state index in [1.54, 1.807) is 26.0 Å². The Balaban J connectivity index is 1.94. The Morgan fingerprint density at radius 1 is 0.939 bits per heavy atom. The van der Waals surface area contributed by atoms with Gasteiger partial charge in [0.15, 0.2) is 16.7 Å². The lowest BCUT2D eigenvalue weighted by Gasteiger charge is -2.16. The summed E-state index contributed by atoms with van der Waals surface area (Å²) in [5, 5.41) is 10.7. The van der Waals surface area contributed by atoms with Crippen molar-refractivity contribution >= 4 is 22.7 Å². The third-order valence-electron chi connectivity index (χ3n) is 6.07. The highest BCUT2D eigenvalue weighted by molar-refractivity contribution is 7.98. The van der Waals surface area contributed by atoms with Gasteiger partial charge in [0.25, 0.3) is 0 Å². The number of unbranched alkanes of at least 4 members (excludes halogenated alkanes) is 5. The Kier molecular flexibility index (Phi) is 9.24. The number of rotatable bonds is 12. The van der Waals surface area contributed by atoms with Gasteiger partial charge in [-0.15, -0.1) is 0 Å². The molecule has 5 nitrogen and oxygen atoms in total. The van der Waals surface area contributed by atoms with Crippen LogP contribution in [-0.4, -0.2) is 23.8 Å². The second-order valence-electron chi connectivity index (χ2n) is 8.61. The SMILES string of the molecule is CCCCCCCCn1c(SCc2cc(C)ccc2C)nc2cc(OC)c(OC)cc2c1=N. The van der Waals surface area contributed by atoms with E-state index in [0.717, 1.165) is 34.8 Å². The van der Waals surface area contributed by atoms with Gasteiger partial charge in [-0.1, -0.05) is 74.6 Å². The van der Waals surface area contributed by atoms with E-state index in [2.05, 4.69) is 43.5 Å². The van der Waals surface area contributed by atoms with Gasteiger partial charge in [-0.05, 0) is 37.5 Å². The van der Waals surface area contributed by atoms with Crippen LogP contribution in [-0.2, 0) is 12.3 Å². The zero-order valence-corrected chi connectivity index (χ0v) is 21.5. The van der Waals surface area contributed by atoms with Crippen LogP contribution in [0.2, 0.25) is 0 Å². The molecule has 3 rings (SSSR count). The van der Waals surface area contributed by atoms with Gasteiger partial charge in [-0.25, -0.2) is 4.98 Å². The molecule has 3 aromatic rings. The van der Waals surface area contributed by atoms with Crippen molar-refractivity contribution in [2.45, 2.75) is 76.8 Å². The van der Waals surface area contributed by atoms with E-state index in [1.807, 2.05) is 12.1 Å². The van der Waals surface area contributed by atoms with Crippen LogP contribution >= 0.6 is 11.8 Å². The lowest BCUT2D eigenvalue weighted by atomic mass is 10.1. The van der Waals surface area contributed by atoms with Gasteiger partial charge in [-0.2, -0.15) is 0 Å². The van der Waals surface area contributed by atoms with Gasteiger partial charge >= 0.3 is 0 Å². The minimum Gasteiger partial charge on any atom is -0.493 e. The number of thioether (sulfide) groups is 1. The Labute approximate surface area is 202 Å².